The van der Waals surface area contributed by atoms with E-state index in [2.05, 4.69) is 39.8 Å². The van der Waals surface area contributed by atoms with Gasteiger partial charge in [-0.05, 0) is 24.6 Å². The first-order valence-electron chi connectivity index (χ1n) is 6.28. The molecule has 2 heterocycles. The van der Waals surface area contributed by atoms with E-state index in [0.717, 1.165) is 22.4 Å². The molecule has 5 nitrogen and oxygen atoms in total. The number of para-hydroxylation sites is 1. The lowest BCUT2D eigenvalue weighted by Crippen LogP contribution is -2.08. The van der Waals surface area contributed by atoms with Crippen molar-refractivity contribution in [3.8, 4) is 0 Å². The molecule has 0 fully saturated rings. The van der Waals surface area contributed by atoms with Gasteiger partial charge in [0.15, 0.2) is 5.82 Å². The lowest BCUT2D eigenvalue weighted by atomic mass is 10.2. The Labute approximate surface area is 120 Å². The second-order valence-electron chi connectivity index (χ2n) is 4.41. The first-order chi connectivity index (χ1) is 9.79. The van der Waals surface area contributed by atoms with Gasteiger partial charge in [0, 0.05) is 17.1 Å². The molecule has 0 aliphatic carbocycles. The summed E-state index contributed by atoms with van der Waals surface area (Å²) in [5, 5.41) is 3.41. The van der Waals surface area contributed by atoms with E-state index in [-0.39, 0.29) is 0 Å². The van der Waals surface area contributed by atoms with E-state index in [1.807, 2.05) is 18.2 Å². The summed E-state index contributed by atoms with van der Waals surface area (Å²) in [6.07, 6.45) is 1.53. The number of rotatable bonds is 4. The van der Waals surface area contributed by atoms with E-state index >= 15 is 0 Å². The Morgan fingerprint density at radius 2 is 2.00 bits per heavy atom. The summed E-state index contributed by atoms with van der Waals surface area (Å²) in [6.45, 7) is 2.84. The van der Waals surface area contributed by atoms with Crippen molar-refractivity contribution in [3.05, 3.63) is 47.1 Å². The SMILES string of the molecule is Cc1c(CNc2ccccc2)sc2c(NN)ncnc12. The zero-order chi connectivity index (χ0) is 13.9. The highest BCUT2D eigenvalue weighted by Gasteiger charge is 2.13. The molecule has 0 saturated carbocycles. The quantitative estimate of drug-likeness (QED) is 0.507. The Hall–Kier alpha value is -2.18. The summed E-state index contributed by atoms with van der Waals surface area (Å²) >= 11 is 1.66. The molecule has 0 saturated heterocycles. The summed E-state index contributed by atoms with van der Waals surface area (Å²) in [4.78, 5) is 9.72. The van der Waals surface area contributed by atoms with E-state index in [1.165, 1.54) is 16.8 Å². The Balaban J connectivity index is 1.90. The number of nitrogen functional groups attached to an aromatic ring is 1. The van der Waals surface area contributed by atoms with Crippen molar-refractivity contribution in [2.75, 3.05) is 10.7 Å². The van der Waals surface area contributed by atoms with Crippen LogP contribution in [0.15, 0.2) is 36.7 Å². The number of anilines is 2. The molecule has 4 N–H and O–H groups in total. The maximum Gasteiger partial charge on any atom is 0.161 e. The molecule has 1 aromatic carbocycles. The molecule has 2 aromatic heterocycles. The number of benzene rings is 1. The number of aromatic nitrogens is 2. The molecule has 3 rings (SSSR count). The van der Waals surface area contributed by atoms with Gasteiger partial charge in [-0.3, -0.25) is 0 Å². The van der Waals surface area contributed by atoms with Crippen LogP contribution in [0.1, 0.15) is 10.4 Å². The standard InChI is InChI=1S/C14H15N5S/c1-9-11(7-16-10-5-3-2-4-6-10)20-13-12(9)17-8-18-14(13)19-15/h2-6,8,16H,7,15H2,1H3,(H,17,18,19). The van der Waals surface area contributed by atoms with Gasteiger partial charge in [-0.1, -0.05) is 18.2 Å². The average molecular weight is 285 g/mol. The summed E-state index contributed by atoms with van der Waals surface area (Å²) < 4.78 is 0.998. The monoisotopic (exact) mass is 285 g/mol. The third-order valence-corrected chi connectivity index (χ3v) is 4.45. The molecule has 0 radical (unpaired) electrons. The highest BCUT2D eigenvalue weighted by atomic mass is 32.1. The van der Waals surface area contributed by atoms with Crippen LogP contribution in [0.3, 0.4) is 0 Å². The number of nitrogens with one attached hydrogen (secondary N) is 2. The average Bonchev–Trinajstić information content (AvgIpc) is 2.83. The smallest absolute Gasteiger partial charge is 0.161 e. The maximum absolute atomic E-state index is 5.49. The molecule has 0 unspecified atom stereocenters. The molecule has 3 aromatic rings. The fourth-order valence-corrected chi connectivity index (χ4v) is 3.23. The molecule has 0 spiro atoms. The van der Waals surface area contributed by atoms with Crippen LogP contribution in [-0.4, -0.2) is 9.97 Å². The second-order valence-corrected chi connectivity index (χ2v) is 5.52. The topological polar surface area (TPSA) is 75.9 Å². The van der Waals surface area contributed by atoms with Crippen LogP contribution in [0.25, 0.3) is 10.2 Å². The largest absolute Gasteiger partial charge is 0.380 e. The van der Waals surface area contributed by atoms with Gasteiger partial charge in [-0.25, -0.2) is 15.8 Å². The van der Waals surface area contributed by atoms with Crippen LogP contribution in [0, 0.1) is 6.92 Å². The molecule has 0 atom stereocenters. The molecule has 0 aliphatic heterocycles. The van der Waals surface area contributed by atoms with Crippen molar-refractivity contribution >= 4 is 33.1 Å². The first-order valence-corrected chi connectivity index (χ1v) is 7.09. The number of hydrazine groups is 1. The minimum Gasteiger partial charge on any atom is -0.380 e. The Morgan fingerprint density at radius 3 is 2.75 bits per heavy atom. The number of hydrogen-bond acceptors (Lipinski definition) is 6. The van der Waals surface area contributed by atoms with Gasteiger partial charge in [-0.2, -0.15) is 0 Å². The molecule has 6 heteroatoms. The van der Waals surface area contributed by atoms with Gasteiger partial charge >= 0.3 is 0 Å². The van der Waals surface area contributed by atoms with E-state index in [4.69, 9.17) is 5.84 Å². The minimum absolute atomic E-state index is 0.675. The van der Waals surface area contributed by atoms with Crippen LogP contribution >= 0.6 is 11.3 Å². The number of hydrogen-bond donors (Lipinski definition) is 3. The van der Waals surface area contributed by atoms with Gasteiger partial charge in [-0.15, -0.1) is 11.3 Å². The zero-order valence-corrected chi connectivity index (χ0v) is 11.9. The molecule has 20 heavy (non-hydrogen) atoms. The summed E-state index contributed by atoms with van der Waals surface area (Å²) in [7, 11) is 0. The zero-order valence-electron chi connectivity index (χ0n) is 11.1. The molecule has 0 amide bonds. The van der Waals surface area contributed by atoms with E-state index in [1.54, 1.807) is 11.3 Å². The van der Waals surface area contributed by atoms with Gasteiger partial charge in [0.05, 0.1) is 10.2 Å². The van der Waals surface area contributed by atoms with Crippen molar-refractivity contribution in [2.45, 2.75) is 13.5 Å². The number of nitrogens with two attached hydrogens (primary N) is 1. The van der Waals surface area contributed by atoms with Gasteiger partial charge < -0.3 is 10.7 Å². The highest BCUT2D eigenvalue weighted by molar-refractivity contribution is 7.19. The minimum atomic E-state index is 0.675. The third-order valence-electron chi connectivity index (χ3n) is 3.17. The molecule has 0 bridgehead atoms. The van der Waals surface area contributed by atoms with Crippen LogP contribution < -0.4 is 16.6 Å². The first kappa shape index (κ1) is 12.8. The highest BCUT2D eigenvalue weighted by Crippen LogP contribution is 2.33. The van der Waals surface area contributed by atoms with Gasteiger partial charge in [0.2, 0.25) is 0 Å². The van der Waals surface area contributed by atoms with Crippen LogP contribution in [-0.2, 0) is 6.54 Å². The number of thiophene rings is 1. The van der Waals surface area contributed by atoms with Gasteiger partial charge in [0.25, 0.3) is 0 Å². The van der Waals surface area contributed by atoms with Crippen molar-refractivity contribution in [3.63, 3.8) is 0 Å². The predicted molar refractivity (Wildman–Crippen MR) is 83.7 cm³/mol. The maximum atomic E-state index is 5.49. The van der Waals surface area contributed by atoms with Crippen molar-refractivity contribution in [2.24, 2.45) is 5.84 Å². The van der Waals surface area contributed by atoms with Crippen molar-refractivity contribution in [1.82, 2.24) is 9.97 Å². The Kier molecular flexibility index (Phi) is 3.49. The number of nitrogens with zero attached hydrogens (tertiary/aromatic N) is 2. The summed E-state index contributed by atoms with van der Waals surface area (Å²) in [5.41, 5.74) is 5.86. The van der Waals surface area contributed by atoms with Gasteiger partial charge in [0.1, 0.15) is 6.33 Å². The van der Waals surface area contributed by atoms with E-state index in [0.29, 0.717) is 5.82 Å². The van der Waals surface area contributed by atoms with Crippen LogP contribution in [0.4, 0.5) is 11.5 Å². The Morgan fingerprint density at radius 1 is 1.20 bits per heavy atom. The summed E-state index contributed by atoms with van der Waals surface area (Å²) in [6, 6.07) is 10.1. The third kappa shape index (κ3) is 2.31. The molecular weight excluding hydrogens is 270 g/mol. The lowest BCUT2D eigenvalue weighted by molar-refractivity contribution is 1.16. The Bertz CT molecular complexity index is 723. The molecule has 0 aliphatic rings. The van der Waals surface area contributed by atoms with Crippen LogP contribution in [0.5, 0.6) is 0 Å². The normalized spacial score (nSPS) is 10.7. The lowest BCUT2D eigenvalue weighted by Gasteiger charge is -2.04. The number of fused-ring (bicyclic) bond motifs is 1. The fourth-order valence-electron chi connectivity index (χ4n) is 2.08. The molecular formula is C14H15N5S. The van der Waals surface area contributed by atoms with E-state index in [9.17, 15) is 0 Å². The number of aryl methyl sites for hydroxylation is 1. The fraction of sp³-hybridized carbons (Fsp3) is 0.143. The molecule has 102 valence electrons. The van der Waals surface area contributed by atoms with Crippen LogP contribution in [0.2, 0.25) is 0 Å². The van der Waals surface area contributed by atoms with Crippen molar-refractivity contribution < 1.29 is 0 Å². The van der Waals surface area contributed by atoms with Crippen molar-refractivity contribution in [1.29, 1.82) is 0 Å². The predicted octanol–water partition coefficient (Wildman–Crippen LogP) is 2.90. The second kappa shape index (κ2) is 5.44. The summed E-state index contributed by atoms with van der Waals surface area (Å²) in [5.74, 6) is 6.17. The van der Waals surface area contributed by atoms with E-state index < -0.39 is 0 Å².